The second-order valence-corrected chi connectivity index (χ2v) is 7.77. The highest BCUT2D eigenvalue weighted by Crippen LogP contribution is 2.38. The molecule has 1 unspecified atom stereocenters. The van der Waals surface area contributed by atoms with Crippen molar-refractivity contribution in [2.45, 2.75) is 70.8 Å². The van der Waals surface area contributed by atoms with Gasteiger partial charge in [0.05, 0.1) is 5.54 Å². The van der Waals surface area contributed by atoms with Crippen LogP contribution in [0, 0.1) is 5.92 Å². The Bertz CT molecular complexity index is 709. The number of hydrogen-bond acceptors (Lipinski definition) is 0. The molecule has 0 radical (unpaired) electrons. The molecule has 2 aromatic rings. The van der Waals surface area contributed by atoms with E-state index in [-0.39, 0.29) is 5.54 Å². The molecule has 3 rings (SSSR count). The zero-order valence-electron chi connectivity index (χ0n) is 16.0. The summed E-state index contributed by atoms with van der Waals surface area (Å²) >= 11 is 0. The van der Waals surface area contributed by atoms with Crippen LogP contribution in [0.15, 0.2) is 60.8 Å². The number of aromatic nitrogens is 1. The number of para-hydroxylation sites is 1. The minimum Gasteiger partial charge on any atom is -0.341 e. The number of fused-ring (bicyclic) bond motifs is 1. The number of benzene rings is 1. The normalized spacial score (nSPS) is 16.7. The van der Waals surface area contributed by atoms with Crippen LogP contribution in [0.3, 0.4) is 0 Å². The van der Waals surface area contributed by atoms with E-state index in [9.17, 15) is 0 Å². The summed E-state index contributed by atoms with van der Waals surface area (Å²) in [5.74, 6) is 0.489. The van der Waals surface area contributed by atoms with Gasteiger partial charge in [-0.2, -0.15) is 0 Å². The van der Waals surface area contributed by atoms with Gasteiger partial charge in [-0.3, -0.25) is 0 Å². The fraction of sp³-hybridized carbons (Fsp3) is 0.500. The van der Waals surface area contributed by atoms with Gasteiger partial charge in [0.15, 0.2) is 0 Å². The van der Waals surface area contributed by atoms with Gasteiger partial charge in [-0.25, -0.2) is 0 Å². The van der Waals surface area contributed by atoms with Crippen LogP contribution < -0.4 is 0 Å². The van der Waals surface area contributed by atoms with Gasteiger partial charge in [-0.1, -0.05) is 94.4 Å². The third kappa shape index (κ3) is 4.08. The first-order chi connectivity index (χ1) is 12.3. The van der Waals surface area contributed by atoms with Gasteiger partial charge in [0.1, 0.15) is 0 Å². The predicted octanol–water partition coefficient (Wildman–Crippen LogP) is 7.24. The van der Waals surface area contributed by atoms with E-state index < -0.39 is 0 Å². The summed E-state index contributed by atoms with van der Waals surface area (Å²) in [6.45, 7) is 4.73. The van der Waals surface area contributed by atoms with Gasteiger partial charge in [0.25, 0.3) is 0 Å². The molecule has 0 aliphatic heterocycles. The van der Waals surface area contributed by atoms with Crippen molar-refractivity contribution in [3.8, 4) is 0 Å². The predicted molar refractivity (Wildman–Crippen MR) is 110 cm³/mol. The van der Waals surface area contributed by atoms with Crippen molar-refractivity contribution in [1.82, 2.24) is 4.57 Å². The molecule has 0 amide bonds. The molecule has 1 aliphatic rings. The van der Waals surface area contributed by atoms with Gasteiger partial charge >= 0.3 is 0 Å². The Hall–Kier alpha value is -1.76. The monoisotopic (exact) mass is 335 g/mol. The van der Waals surface area contributed by atoms with E-state index in [1.807, 2.05) is 0 Å². The maximum atomic E-state index is 2.53. The summed E-state index contributed by atoms with van der Waals surface area (Å²) in [7, 11) is 0. The van der Waals surface area contributed by atoms with E-state index in [1.54, 1.807) is 0 Å². The lowest BCUT2D eigenvalue weighted by Gasteiger charge is -2.37. The van der Waals surface area contributed by atoms with E-state index in [1.165, 1.54) is 62.3 Å². The Kier molecular flexibility index (Phi) is 6.18. The second kappa shape index (κ2) is 8.56. The fourth-order valence-corrected chi connectivity index (χ4v) is 4.26. The molecule has 1 aliphatic carbocycles. The van der Waals surface area contributed by atoms with Gasteiger partial charge in [0, 0.05) is 17.6 Å². The van der Waals surface area contributed by atoms with Crippen LogP contribution in [0.2, 0.25) is 0 Å². The Morgan fingerprint density at radius 2 is 1.56 bits per heavy atom. The summed E-state index contributed by atoms with van der Waals surface area (Å²) in [5, 5.41) is 1.35. The number of unbranched alkanes of at least 4 members (excludes halogenated alkanes) is 6. The third-order valence-corrected chi connectivity index (χ3v) is 5.90. The highest BCUT2D eigenvalue weighted by molar-refractivity contribution is 5.80. The quantitative estimate of drug-likeness (QED) is 0.403. The van der Waals surface area contributed by atoms with Gasteiger partial charge < -0.3 is 4.57 Å². The van der Waals surface area contributed by atoms with Gasteiger partial charge in [-0.05, 0) is 30.9 Å². The van der Waals surface area contributed by atoms with Crippen LogP contribution in [-0.4, -0.2) is 4.57 Å². The first-order valence-corrected chi connectivity index (χ1v) is 10.2. The summed E-state index contributed by atoms with van der Waals surface area (Å²) in [5.41, 5.74) is 1.48. The standard InChI is InChI=1S/C24H33N/c1-3-4-5-6-7-8-13-19-24(2,22-15-10-11-16-22)25-20-18-21-14-9-12-17-23(21)25/h9-12,14-18,20,22H,3-8,13,19H2,1-2H3. The SMILES string of the molecule is CCCCCCCCCC(C)(C1C=CC=C1)n1ccc2ccccc21. The largest absolute Gasteiger partial charge is 0.341 e. The van der Waals surface area contributed by atoms with Crippen molar-refractivity contribution >= 4 is 10.9 Å². The average Bonchev–Trinajstić information content (AvgIpc) is 3.31. The number of rotatable bonds is 10. The van der Waals surface area contributed by atoms with Crippen LogP contribution in [0.25, 0.3) is 10.9 Å². The first-order valence-electron chi connectivity index (χ1n) is 10.2. The topological polar surface area (TPSA) is 4.93 Å². The van der Waals surface area contributed by atoms with E-state index in [4.69, 9.17) is 0 Å². The lowest BCUT2D eigenvalue weighted by molar-refractivity contribution is 0.244. The molecular weight excluding hydrogens is 302 g/mol. The molecular formula is C24H33N. The Labute approximate surface area is 153 Å². The van der Waals surface area contributed by atoms with Gasteiger partial charge in [-0.15, -0.1) is 0 Å². The second-order valence-electron chi connectivity index (χ2n) is 7.77. The third-order valence-electron chi connectivity index (χ3n) is 5.90. The maximum absolute atomic E-state index is 2.53. The number of nitrogens with zero attached hydrogens (tertiary/aromatic N) is 1. The molecule has 1 heterocycles. The maximum Gasteiger partial charge on any atom is 0.0514 e. The number of allylic oxidation sites excluding steroid dienone is 4. The van der Waals surface area contributed by atoms with Crippen LogP contribution >= 0.6 is 0 Å². The van der Waals surface area contributed by atoms with Crippen molar-refractivity contribution in [1.29, 1.82) is 0 Å². The van der Waals surface area contributed by atoms with Crippen molar-refractivity contribution in [2.75, 3.05) is 0 Å². The zero-order valence-corrected chi connectivity index (χ0v) is 16.0. The Balaban J connectivity index is 1.71. The molecule has 1 atom stereocenters. The number of hydrogen-bond donors (Lipinski definition) is 0. The molecule has 1 nitrogen and oxygen atoms in total. The smallest absolute Gasteiger partial charge is 0.0514 e. The first kappa shape index (κ1) is 18.0. The molecule has 1 aromatic heterocycles. The molecule has 0 bridgehead atoms. The molecule has 0 N–H and O–H groups in total. The van der Waals surface area contributed by atoms with Crippen molar-refractivity contribution < 1.29 is 0 Å². The molecule has 134 valence electrons. The van der Waals surface area contributed by atoms with Gasteiger partial charge in [0.2, 0.25) is 0 Å². The highest BCUT2D eigenvalue weighted by atomic mass is 15.1. The van der Waals surface area contributed by atoms with Crippen LogP contribution in [0.1, 0.15) is 65.2 Å². The summed E-state index contributed by atoms with van der Waals surface area (Å²) in [4.78, 5) is 0. The summed E-state index contributed by atoms with van der Waals surface area (Å²) < 4.78 is 2.53. The van der Waals surface area contributed by atoms with Crippen molar-refractivity contribution in [2.24, 2.45) is 5.92 Å². The van der Waals surface area contributed by atoms with Crippen LogP contribution in [0.4, 0.5) is 0 Å². The average molecular weight is 336 g/mol. The lowest BCUT2D eigenvalue weighted by Crippen LogP contribution is -2.35. The lowest BCUT2D eigenvalue weighted by atomic mass is 9.81. The molecule has 25 heavy (non-hydrogen) atoms. The Morgan fingerprint density at radius 3 is 2.32 bits per heavy atom. The zero-order chi connectivity index (χ0) is 17.5. The minimum absolute atomic E-state index is 0.121. The molecule has 0 spiro atoms. The Morgan fingerprint density at radius 1 is 0.880 bits per heavy atom. The highest BCUT2D eigenvalue weighted by Gasteiger charge is 2.34. The van der Waals surface area contributed by atoms with Crippen LogP contribution in [-0.2, 0) is 5.54 Å². The van der Waals surface area contributed by atoms with Crippen molar-refractivity contribution in [3.05, 3.63) is 60.8 Å². The van der Waals surface area contributed by atoms with E-state index >= 15 is 0 Å². The minimum atomic E-state index is 0.121. The summed E-state index contributed by atoms with van der Waals surface area (Å²) in [6, 6.07) is 11.0. The summed E-state index contributed by atoms with van der Waals surface area (Å²) in [6.07, 6.45) is 22.3. The molecule has 1 heteroatoms. The van der Waals surface area contributed by atoms with Crippen molar-refractivity contribution in [3.63, 3.8) is 0 Å². The fourth-order valence-electron chi connectivity index (χ4n) is 4.26. The molecule has 1 aromatic carbocycles. The van der Waals surface area contributed by atoms with Crippen LogP contribution in [0.5, 0.6) is 0 Å². The molecule has 0 fully saturated rings. The molecule has 0 saturated heterocycles. The van der Waals surface area contributed by atoms with E-state index in [0.29, 0.717) is 5.92 Å². The molecule has 0 saturated carbocycles. The van der Waals surface area contributed by atoms with E-state index in [0.717, 1.165) is 0 Å². The van der Waals surface area contributed by atoms with E-state index in [2.05, 4.69) is 79.2 Å².